The molecule has 4 heteroatoms. The fourth-order valence-electron chi connectivity index (χ4n) is 4.08. The molecule has 4 rings (SSSR count). The molecule has 0 spiro atoms. The quantitative estimate of drug-likeness (QED) is 0.839. The van der Waals surface area contributed by atoms with E-state index in [1.807, 2.05) is 0 Å². The number of aryl methyl sites for hydroxylation is 1. The van der Waals surface area contributed by atoms with E-state index in [4.69, 9.17) is 4.98 Å². The number of nitrogens with one attached hydrogen (secondary N) is 1. The minimum absolute atomic E-state index is 0.527. The van der Waals surface area contributed by atoms with E-state index in [0.29, 0.717) is 6.04 Å². The summed E-state index contributed by atoms with van der Waals surface area (Å²) in [6.07, 6.45) is 8.94. The van der Waals surface area contributed by atoms with E-state index >= 15 is 0 Å². The van der Waals surface area contributed by atoms with Crippen LogP contribution >= 0.6 is 0 Å². The Labute approximate surface area is 150 Å². The topological polar surface area (TPSA) is 41.1 Å². The van der Waals surface area contributed by atoms with Crippen LogP contribution in [0.15, 0.2) is 30.3 Å². The van der Waals surface area contributed by atoms with Crippen molar-refractivity contribution in [3.63, 3.8) is 0 Å². The minimum Gasteiger partial charge on any atom is -0.352 e. The van der Waals surface area contributed by atoms with Crippen molar-refractivity contribution >= 4 is 11.8 Å². The van der Waals surface area contributed by atoms with Gasteiger partial charge in [-0.25, -0.2) is 4.98 Å². The van der Waals surface area contributed by atoms with E-state index in [9.17, 15) is 0 Å². The van der Waals surface area contributed by atoms with Gasteiger partial charge in [-0.15, -0.1) is 0 Å². The van der Waals surface area contributed by atoms with Crippen molar-refractivity contribution in [2.45, 2.75) is 64.5 Å². The van der Waals surface area contributed by atoms with Crippen molar-refractivity contribution in [3.05, 3.63) is 47.2 Å². The summed E-state index contributed by atoms with van der Waals surface area (Å²) in [6.45, 7) is 4.03. The zero-order chi connectivity index (χ0) is 17.1. The molecule has 0 atom stereocenters. The van der Waals surface area contributed by atoms with Gasteiger partial charge in [-0.2, -0.15) is 4.98 Å². The van der Waals surface area contributed by atoms with Gasteiger partial charge in [-0.05, 0) is 37.3 Å². The maximum absolute atomic E-state index is 4.86. The molecule has 2 aromatic rings. The summed E-state index contributed by atoms with van der Waals surface area (Å²) in [6, 6.07) is 11.4. The van der Waals surface area contributed by atoms with Crippen molar-refractivity contribution in [3.8, 4) is 0 Å². The Morgan fingerprint density at radius 2 is 1.76 bits per heavy atom. The lowest BCUT2D eigenvalue weighted by Gasteiger charge is -2.30. The van der Waals surface area contributed by atoms with Crippen LogP contribution in [0.5, 0.6) is 0 Å². The number of fused-ring (bicyclic) bond motifs is 1. The van der Waals surface area contributed by atoms with Gasteiger partial charge in [0.15, 0.2) is 0 Å². The first kappa shape index (κ1) is 16.4. The van der Waals surface area contributed by atoms with Crippen LogP contribution in [-0.2, 0) is 13.0 Å². The highest BCUT2D eigenvalue weighted by atomic mass is 15.2. The molecule has 2 heterocycles. The Morgan fingerprint density at radius 1 is 1.00 bits per heavy atom. The number of benzene rings is 1. The molecule has 4 nitrogen and oxygen atoms in total. The average molecular weight is 336 g/mol. The molecule has 0 saturated heterocycles. The first-order valence-corrected chi connectivity index (χ1v) is 9.72. The molecule has 132 valence electrons. The van der Waals surface area contributed by atoms with Crippen LogP contribution in [0.3, 0.4) is 0 Å². The third kappa shape index (κ3) is 3.94. The van der Waals surface area contributed by atoms with Crippen molar-refractivity contribution in [1.29, 1.82) is 0 Å². The van der Waals surface area contributed by atoms with Crippen molar-refractivity contribution in [2.75, 3.05) is 16.8 Å². The number of aromatic nitrogens is 2. The van der Waals surface area contributed by atoms with Crippen molar-refractivity contribution in [1.82, 2.24) is 9.97 Å². The third-order valence-electron chi connectivity index (χ3n) is 5.48. The molecule has 1 aromatic heterocycles. The van der Waals surface area contributed by atoms with Gasteiger partial charge in [-0.3, -0.25) is 0 Å². The summed E-state index contributed by atoms with van der Waals surface area (Å²) >= 11 is 0. The smallest absolute Gasteiger partial charge is 0.225 e. The summed E-state index contributed by atoms with van der Waals surface area (Å²) < 4.78 is 0. The Kier molecular flexibility index (Phi) is 4.86. The van der Waals surface area contributed by atoms with Gasteiger partial charge in [0.25, 0.3) is 0 Å². The molecular formula is C21H28N4. The van der Waals surface area contributed by atoms with E-state index in [2.05, 4.69) is 52.5 Å². The van der Waals surface area contributed by atoms with Crippen LogP contribution in [0.4, 0.5) is 11.8 Å². The Balaban J connectivity index is 1.51. The normalized spacial score (nSPS) is 18.5. The van der Waals surface area contributed by atoms with Gasteiger partial charge in [0.05, 0.1) is 0 Å². The highest BCUT2D eigenvalue weighted by Crippen LogP contribution is 2.25. The minimum atomic E-state index is 0.527. The molecule has 2 aliphatic rings. The molecule has 0 unspecified atom stereocenters. The molecule has 0 bridgehead atoms. The summed E-state index contributed by atoms with van der Waals surface area (Å²) in [5, 5.41) is 3.61. The molecule has 1 aliphatic heterocycles. The second-order valence-corrected chi connectivity index (χ2v) is 7.46. The predicted molar refractivity (Wildman–Crippen MR) is 103 cm³/mol. The fraction of sp³-hybridized carbons (Fsp3) is 0.524. The zero-order valence-electron chi connectivity index (χ0n) is 15.2. The lowest BCUT2D eigenvalue weighted by molar-refractivity contribution is 0.614. The number of hydrogen-bond acceptors (Lipinski definition) is 4. The summed E-state index contributed by atoms with van der Waals surface area (Å²) in [5.74, 6) is 1.86. The van der Waals surface area contributed by atoms with Gasteiger partial charge < -0.3 is 10.2 Å². The van der Waals surface area contributed by atoms with Crippen molar-refractivity contribution in [2.24, 2.45) is 0 Å². The largest absolute Gasteiger partial charge is 0.352 e. The van der Waals surface area contributed by atoms with E-state index < -0.39 is 0 Å². The van der Waals surface area contributed by atoms with Crippen LogP contribution in [-0.4, -0.2) is 22.6 Å². The molecule has 0 radical (unpaired) electrons. The molecular weight excluding hydrogens is 308 g/mol. The molecule has 1 saturated carbocycles. The van der Waals surface area contributed by atoms with Gasteiger partial charge in [0.1, 0.15) is 5.82 Å². The standard InChI is InChI=1S/C21H28N4/c1-16-14-20(25-13-12-17-8-6-7-9-18(17)15-25)24-21(22-16)23-19-10-4-2-3-5-11-19/h6-9,14,19H,2-5,10-13,15H2,1H3,(H,22,23,24). The van der Waals surface area contributed by atoms with Crippen LogP contribution in [0.25, 0.3) is 0 Å². The molecule has 1 N–H and O–H groups in total. The zero-order valence-corrected chi connectivity index (χ0v) is 15.2. The highest BCUT2D eigenvalue weighted by Gasteiger charge is 2.19. The van der Waals surface area contributed by atoms with E-state index in [1.165, 1.54) is 49.7 Å². The molecule has 0 amide bonds. The molecule has 1 aromatic carbocycles. The van der Waals surface area contributed by atoms with Crippen LogP contribution in [0, 0.1) is 6.92 Å². The highest BCUT2D eigenvalue weighted by molar-refractivity contribution is 5.48. The maximum Gasteiger partial charge on any atom is 0.225 e. The lowest BCUT2D eigenvalue weighted by atomic mass is 10.00. The van der Waals surface area contributed by atoms with E-state index in [1.54, 1.807) is 0 Å². The van der Waals surface area contributed by atoms with Gasteiger partial charge in [0.2, 0.25) is 5.95 Å². The predicted octanol–water partition coefficient (Wildman–Crippen LogP) is 4.48. The van der Waals surface area contributed by atoms with E-state index in [0.717, 1.165) is 37.0 Å². The number of anilines is 2. The van der Waals surface area contributed by atoms with Crippen LogP contribution in [0.2, 0.25) is 0 Å². The average Bonchev–Trinajstić information content (AvgIpc) is 2.89. The van der Waals surface area contributed by atoms with Gasteiger partial charge in [-0.1, -0.05) is 49.9 Å². The summed E-state index contributed by atoms with van der Waals surface area (Å²) in [5.41, 5.74) is 3.93. The monoisotopic (exact) mass is 336 g/mol. The van der Waals surface area contributed by atoms with Gasteiger partial charge in [0, 0.05) is 30.9 Å². The molecule has 1 aliphatic carbocycles. The molecule has 25 heavy (non-hydrogen) atoms. The lowest BCUT2D eigenvalue weighted by Crippen LogP contribution is -2.31. The molecule has 1 fully saturated rings. The second kappa shape index (κ2) is 7.42. The van der Waals surface area contributed by atoms with Gasteiger partial charge >= 0.3 is 0 Å². The van der Waals surface area contributed by atoms with Crippen LogP contribution < -0.4 is 10.2 Å². The SMILES string of the molecule is Cc1cc(N2CCc3ccccc3C2)nc(NC2CCCCCC2)n1. The number of hydrogen-bond donors (Lipinski definition) is 1. The Hall–Kier alpha value is -2.10. The van der Waals surface area contributed by atoms with Crippen molar-refractivity contribution < 1.29 is 0 Å². The number of rotatable bonds is 3. The second-order valence-electron chi connectivity index (χ2n) is 7.46. The summed E-state index contributed by atoms with van der Waals surface area (Å²) in [7, 11) is 0. The maximum atomic E-state index is 4.86. The Bertz CT molecular complexity index is 720. The third-order valence-corrected chi connectivity index (χ3v) is 5.48. The first-order valence-electron chi connectivity index (χ1n) is 9.72. The number of nitrogens with zero attached hydrogens (tertiary/aromatic N) is 3. The fourth-order valence-corrected chi connectivity index (χ4v) is 4.08. The van der Waals surface area contributed by atoms with Crippen LogP contribution in [0.1, 0.15) is 55.3 Å². The summed E-state index contributed by atoms with van der Waals surface area (Å²) in [4.78, 5) is 11.9. The Morgan fingerprint density at radius 3 is 2.56 bits per heavy atom. The van der Waals surface area contributed by atoms with E-state index in [-0.39, 0.29) is 0 Å². The first-order chi connectivity index (χ1) is 12.3.